The number of carbonyl (C=O) groups excluding carboxylic acids is 3. The van der Waals surface area contributed by atoms with Crippen molar-refractivity contribution in [3.05, 3.63) is 12.7 Å². The highest BCUT2D eigenvalue weighted by molar-refractivity contribution is 5.85. The topological polar surface area (TPSA) is 69.7 Å². The second-order valence-corrected chi connectivity index (χ2v) is 10.3. The minimum atomic E-state index is -0.562. The molecule has 0 amide bonds. The average Bonchev–Trinajstić information content (AvgIpc) is 2.99. The number of ether oxygens (including phenoxy) is 2. The second kappa shape index (κ2) is 7.24. The molecule has 0 spiro atoms. The summed E-state index contributed by atoms with van der Waals surface area (Å²) >= 11 is 0. The van der Waals surface area contributed by atoms with Crippen molar-refractivity contribution in [1.29, 1.82) is 0 Å². The molecule has 0 aliphatic heterocycles. The zero-order chi connectivity index (χ0) is 21.8. The number of hydrogen-bond donors (Lipinski definition) is 0. The zero-order valence-corrected chi connectivity index (χ0v) is 18.7. The summed E-state index contributed by atoms with van der Waals surface area (Å²) in [4.78, 5) is 37.5. The first-order valence-corrected chi connectivity index (χ1v) is 10.9. The number of rotatable bonds is 3. The summed E-state index contributed by atoms with van der Waals surface area (Å²) in [6.07, 6.45) is 4.74. The van der Waals surface area contributed by atoms with E-state index in [1.54, 1.807) is 0 Å². The molecular formula is C24H36O5. The molecule has 0 aromatic heterocycles. The van der Waals surface area contributed by atoms with Crippen molar-refractivity contribution in [2.45, 2.75) is 85.9 Å². The van der Waals surface area contributed by atoms with Gasteiger partial charge in [-0.3, -0.25) is 14.4 Å². The van der Waals surface area contributed by atoms with Crippen LogP contribution in [0.4, 0.5) is 0 Å². The lowest BCUT2D eigenvalue weighted by Gasteiger charge is -2.62. The van der Waals surface area contributed by atoms with Crippen molar-refractivity contribution in [1.82, 2.24) is 0 Å². The third kappa shape index (κ3) is 3.16. The van der Waals surface area contributed by atoms with Crippen LogP contribution in [0.5, 0.6) is 0 Å². The number of hydrogen-bond acceptors (Lipinski definition) is 5. The largest absolute Gasteiger partial charge is 0.462 e. The Labute approximate surface area is 174 Å². The molecule has 0 unspecified atom stereocenters. The molecule has 0 heterocycles. The molecule has 3 aliphatic carbocycles. The van der Waals surface area contributed by atoms with E-state index >= 15 is 0 Å². The molecule has 8 atom stereocenters. The molecule has 162 valence electrons. The molecule has 0 radical (unpaired) electrons. The molecule has 5 heteroatoms. The smallest absolute Gasteiger partial charge is 0.302 e. The third-order valence-electron chi connectivity index (χ3n) is 8.86. The number of ketones is 1. The maximum atomic E-state index is 13.3. The van der Waals surface area contributed by atoms with Gasteiger partial charge in [0.15, 0.2) is 0 Å². The van der Waals surface area contributed by atoms with Crippen molar-refractivity contribution in [2.24, 2.45) is 34.0 Å². The molecule has 0 saturated heterocycles. The van der Waals surface area contributed by atoms with Crippen LogP contribution in [0.1, 0.15) is 73.6 Å². The minimum Gasteiger partial charge on any atom is -0.462 e. The lowest BCUT2D eigenvalue weighted by atomic mass is 9.44. The molecule has 3 fully saturated rings. The van der Waals surface area contributed by atoms with Crippen molar-refractivity contribution in [3.63, 3.8) is 0 Å². The molecule has 29 heavy (non-hydrogen) atoms. The monoisotopic (exact) mass is 404 g/mol. The maximum Gasteiger partial charge on any atom is 0.302 e. The molecule has 0 aromatic rings. The summed E-state index contributed by atoms with van der Waals surface area (Å²) < 4.78 is 11.9. The fourth-order valence-electron chi connectivity index (χ4n) is 7.10. The normalized spacial score (nSPS) is 46.8. The van der Waals surface area contributed by atoms with E-state index in [9.17, 15) is 14.4 Å². The van der Waals surface area contributed by atoms with Crippen LogP contribution in [0.15, 0.2) is 12.7 Å². The fourth-order valence-corrected chi connectivity index (χ4v) is 7.10. The predicted molar refractivity (Wildman–Crippen MR) is 110 cm³/mol. The van der Waals surface area contributed by atoms with Gasteiger partial charge in [0.2, 0.25) is 0 Å². The Kier molecular flexibility index (Phi) is 5.51. The standard InChI is InChI=1S/C24H36O5/c1-8-22(6)13-19(28-16(4)25)23(7)14(2)9-11-24(12-10-18(27)20(23)24)15(3)21(22)29-17(5)26/h8,14-15,19-21H,1,9-13H2,2-7H3/t14-,15+,19-,20+,21+,22-,23+,24+/m1/s1. The zero-order valence-electron chi connectivity index (χ0n) is 18.7. The predicted octanol–water partition coefficient (Wildman–Crippen LogP) is 4.48. The van der Waals surface area contributed by atoms with E-state index in [2.05, 4.69) is 27.4 Å². The Bertz CT molecular complexity index is 729. The summed E-state index contributed by atoms with van der Waals surface area (Å²) in [7, 11) is 0. The lowest BCUT2D eigenvalue weighted by molar-refractivity contribution is -0.212. The van der Waals surface area contributed by atoms with Gasteiger partial charge in [-0.1, -0.05) is 33.8 Å². The van der Waals surface area contributed by atoms with Crippen LogP contribution in [-0.4, -0.2) is 29.9 Å². The van der Waals surface area contributed by atoms with Gasteiger partial charge in [0.25, 0.3) is 0 Å². The van der Waals surface area contributed by atoms with Crippen LogP contribution < -0.4 is 0 Å². The summed E-state index contributed by atoms with van der Waals surface area (Å²) in [6.45, 7) is 15.4. The Balaban J connectivity index is 2.25. The fraction of sp³-hybridized carbons (Fsp3) is 0.792. The summed E-state index contributed by atoms with van der Waals surface area (Å²) in [5.41, 5.74) is -1.26. The molecule has 3 saturated carbocycles. The molecule has 2 bridgehead atoms. The molecule has 0 N–H and O–H groups in total. The van der Waals surface area contributed by atoms with Gasteiger partial charge >= 0.3 is 11.9 Å². The Morgan fingerprint density at radius 2 is 1.72 bits per heavy atom. The summed E-state index contributed by atoms with van der Waals surface area (Å²) in [5.74, 6) is -0.329. The number of Topliss-reactive ketones (excluding diaryl/α,β-unsaturated/α-hetero) is 1. The number of esters is 2. The van der Waals surface area contributed by atoms with Gasteiger partial charge in [0.05, 0.1) is 0 Å². The maximum absolute atomic E-state index is 13.3. The van der Waals surface area contributed by atoms with E-state index in [0.717, 1.165) is 19.3 Å². The van der Waals surface area contributed by atoms with Crippen LogP contribution in [0.25, 0.3) is 0 Å². The molecule has 3 rings (SSSR count). The highest BCUT2D eigenvalue weighted by Crippen LogP contribution is 2.68. The number of carbonyl (C=O) groups is 3. The highest BCUT2D eigenvalue weighted by Gasteiger charge is 2.68. The van der Waals surface area contributed by atoms with Gasteiger partial charge in [-0.15, -0.1) is 6.58 Å². The van der Waals surface area contributed by atoms with Gasteiger partial charge in [0.1, 0.15) is 18.0 Å². The quantitative estimate of drug-likeness (QED) is 0.512. The van der Waals surface area contributed by atoms with Crippen LogP contribution in [0.2, 0.25) is 0 Å². The van der Waals surface area contributed by atoms with Gasteiger partial charge < -0.3 is 9.47 Å². The minimum absolute atomic E-state index is 0.0101. The highest BCUT2D eigenvalue weighted by atomic mass is 16.6. The SMILES string of the molecule is C=C[C@]1(C)C[C@@H](OC(C)=O)[C@]2(C)[C@H](C)CC[C@]3(CCC(=O)[C@H]32)[C@@H](C)[C@@H]1OC(C)=O. The van der Waals surface area contributed by atoms with Crippen molar-refractivity contribution >= 4 is 17.7 Å². The van der Waals surface area contributed by atoms with Crippen LogP contribution in [0.3, 0.4) is 0 Å². The molecular weight excluding hydrogens is 368 g/mol. The Morgan fingerprint density at radius 1 is 1.10 bits per heavy atom. The van der Waals surface area contributed by atoms with Crippen LogP contribution in [0, 0.1) is 34.0 Å². The van der Waals surface area contributed by atoms with E-state index in [4.69, 9.17) is 9.47 Å². The van der Waals surface area contributed by atoms with Gasteiger partial charge in [-0.05, 0) is 37.0 Å². The Morgan fingerprint density at radius 3 is 2.28 bits per heavy atom. The van der Waals surface area contributed by atoms with E-state index in [0.29, 0.717) is 12.8 Å². The summed E-state index contributed by atoms with van der Waals surface area (Å²) in [5, 5.41) is 0. The molecule has 3 aliphatic rings. The first-order chi connectivity index (χ1) is 13.4. The van der Waals surface area contributed by atoms with E-state index in [1.807, 2.05) is 13.0 Å². The summed E-state index contributed by atoms with van der Waals surface area (Å²) in [6, 6.07) is 0. The Hall–Kier alpha value is -1.65. The van der Waals surface area contributed by atoms with E-state index in [-0.39, 0.29) is 40.9 Å². The van der Waals surface area contributed by atoms with E-state index in [1.165, 1.54) is 13.8 Å². The van der Waals surface area contributed by atoms with Crippen molar-refractivity contribution in [2.75, 3.05) is 0 Å². The molecule has 5 nitrogen and oxygen atoms in total. The van der Waals surface area contributed by atoms with Gasteiger partial charge in [-0.2, -0.15) is 0 Å². The third-order valence-corrected chi connectivity index (χ3v) is 8.86. The van der Waals surface area contributed by atoms with Crippen molar-refractivity contribution in [3.8, 4) is 0 Å². The van der Waals surface area contributed by atoms with Crippen molar-refractivity contribution < 1.29 is 23.9 Å². The lowest BCUT2D eigenvalue weighted by Crippen LogP contribution is -2.63. The first kappa shape index (κ1) is 22.0. The van der Waals surface area contributed by atoms with Crippen LogP contribution >= 0.6 is 0 Å². The van der Waals surface area contributed by atoms with E-state index < -0.39 is 23.0 Å². The van der Waals surface area contributed by atoms with Gasteiger partial charge in [0, 0.05) is 42.9 Å². The molecule has 0 aromatic carbocycles. The van der Waals surface area contributed by atoms with Crippen LogP contribution in [-0.2, 0) is 23.9 Å². The van der Waals surface area contributed by atoms with Gasteiger partial charge in [-0.25, -0.2) is 0 Å². The second-order valence-electron chi connectivity index (χ2n) is 10.3. The first-order valence-electron chi connectivity index (χ1n) is 10.9. The average molecular weight is 405 g/mol.